The highest BCUT2D eigenvalue weighted by molar-refractivity contribution is 5.91. The van der Waals surface area contributed by atoms with E-state index in [1.807, 2.05) is 0 Å². The fourth-order valence-corrected chi connectivity index (χ4v) is 0.899. The Kier molecular flexibility index (Phi) is 3.36. The van der Waals surface area contributed by atoms with Gasteiger partial charge in [-0.15, -0.1) is 0 Å². The first-order chi connectivity index (χ1) is 6.27. The van der Waals surface area contributed by atoms with Crippen LogP contribution in [0.5, 0.6) is 0 Å². The van der Waals surface area contributed by atoms with E-state index in [1.165, 1.54) is 0 Å². The van der Waals surface area contributed by atoms with Crippen LogP contribution in [-0.2, 0) is 11.3 Å². The van der Waals surface area contributed by atoms with Crippen LogP contribution in [0.2, 0.25) is 0 Å². The first kappa shape index (κ1) is 9.63. The van der Waals surface area contributed by atoms with Gasteiger partial charge in [0.2, 0.25) is 5.91 Å². The highest BCUT2D eigenvalue weighted by Gasteiger charge is 2.03. The number of hydrogen-bond donors (Lipinski definition) is 3. The number of carbonyl (C=O) groups excluding carboxylic acids is 1. The maximum atomic E-state index is 10.9. The fourth-order valence-electron chi connectivity index (χ4n) is 0.899. The number of rotatable bonds is 3. The Morgan fingerprint density at radius 3 is 2.92 bits per heavy atom. The molecule has 13 heavy (non-hydrogen) atoms. The van der Waals surface area contributed by atoms with E-state index in [0.29, 0.717) is 12.4 Å². The third-order valence-electron chi connectivity index (χ3n) is 1.55. The van der Waals surface area contributed by atoms with Crippen LogP contribution in [-0.4, -0.2) is 17.4 Å². The molecule has 5 heteroatoms. The molecule has 0 aliphatic rings. The molecule has 0 aromatic carbocycles. The van der Waals surface area contributed by atoms with Crippen LogP contribution in [0.4, 0.5) is 5.82 Å². The summed E-state index contributed by atoms with van der Waals surface area (Å²) in [5.74, 6) is 0.217. The summed E-state index contributed by atoms with van der Waals surface area (Å²) < 4.78 is 0. The minimum absolute atomic E-state index is 0.0550. The maximum absolute atomic E-state index is 10.9. The number of anilines is 1. The van der Waals surface area contributed by atoms with Crippen molar-refractivity contribution in [3.8, 4) is 0 Å². The van der Waals surface area contributed by atoms with Crippen molar-refractivity contribution in [1.82, 2.24) is 4.98 Å². The average molecular weight is 180 g/mol. The molecule has 1 amide bonds. The van der Waals surface area contributed by atoms with Gasteiger partial charge in [0.25, 0.3) is 0 Å². The topological polar surface area (TPSA) is 94.0 Å². The second-order valence-electron chi connectivity index (χ2n) is 2.47. The lowest BCUT2D eigenvalue weighted by molar-refractivity contribution is -0.114. The van der Waals surface area contributed by atoms with Crippen LogP contribution >= 0.6 is 0 Å². The van der Waals surface area contributed by atoms with Crippen molar-refractivity contribution in [2.75, 3.05) is 11.9 Å². The van der Waals surface area contributed by atoms with Crippen LogP contribution in [0.3, 0.4) is 0 Å². The normalized spacial score (nSPS) is 9.69. The van der Waals surface area contributed by atoms with E-state index in [-0.39, 0.29) is 12.5 Å². The molecule has 5 N–H and O–H groups in total. The lowest BCUT2D eigenvalue weighted by atomic mass is 10.2. The van der Waals surface area contributed by atoms with Crippen molar-refractivity contribution in [3.63, 3.8) is 0 Å². The smallest absolute Gasteiger partial charge is 0.239 e. The van der Waals surface area contributed by atoms with Gasteiger partial charge in [-0.25, -0.2) is 4.98 Å². The highest BCUT2D eigenvalue weighted by atomic mass is 16.1. The molecule has 0 saturated carbocycles. The predicted molar refractivity (Wildman–Crippen MR) is 49.8 cm³/mol. The zero-order chi connectivity index (χ0) is 9.68. The number of pyridine rings is 1. The first-order valence-electron chi connectivity index (χ1n) is 3.91. The second kappa shape index (κ2) is 4.54. The monoisotopic (exact) mass is 180 g/mol. The minimum atomic E-state index is -0.270. The summed E-state index contributed by atoms with van der Waals surface area (Å²) in [6, 6.07) is 3.57. The van der Waals surface area contributed by atoms with Gasteiger partial charge in [0.15, 0.2) is 0 Å². The molecule has 0 aliphatic carbocycles. The molecule has 1 rings (SSSR count). The van der Waals surface area contributed by atoms with Crippen LogP contribution < -0.4 is 16.8 Å². The highest BCUT2D eigenvalue weighted by Crippen LogP contribution is 2.09. The number of amides is 1. The number of nitrogens with two attached hydrogens (primary N) is 2. The summed E-state index contributed by atoms with van der Waals surface area (Å²) in [5.41, 5.74) is 11.4. The fraction of sp³-hybridized carbons (Fsp3) is 0.250. The number of carbonyl (C=O) groups is 1. The Morgan fingerprint density at radius 1 is 1.54 bits per heavy atom. The van der Waals surface area contributed by atoms with Gasteiger partial charge in [-0.3, -0.25) is 4.79 Å². The quantitative estimate of drug-likeness (QED) is 0.581. The van der Waals surface area contributed by atoms with Gasteiger partial charge in [-0.05, 0) is 6.07 Å². The minimum Gasteiger partial charge on any atom is -0.326 e. The summed E-state index contributed by atoms with van der Waals surface area (Å²) in [4.78, 5) is 14.9. The Morgan fingerprint density at radius 2 is 2.31 bits per heavy atom. The standard InChI is InChI=1S/C8H12N4O/c9-4-6-2-1-3-11-8(6)12-7(13)5-10/h1-3H,4-5,9-10H2,(H,11,12,13). The van der Waals surface area contributed by atoms with E-state index in [2.05, 4.69) is 10.3 Å². The van der Waals surface area contributed by atoms with E-state index >= 15 is 0 Å². The number of aromatic nitrogens is 1. The third-order valence-corrected chi connectivity index (χ3v) is 1.55. The Bertz CT molecular complexity index is 300. The first-order valence-corrected chi connectivity index (χ1v) is 3.91. The largest absolute Gasteiger partial charge is 0.326 e. The van der Waals surface area contributed by atoms with Crippen molar-refractivity contribution in [2.24, 2.45) is 11.5 Å². The molecule has 0 unspecified atom stereocenters. The zero-order valence-corrected chi connectivity index (χ0v) is 7.16. The molecule has 1 heterocycles. The Labute approximate surface area is 76.1 Å². The average Bonchev–Trinajstić information content (AvgIpc) is 2.18. The van der Waals surface area contributed by atoms with Gasteiger partial charge in [-0.2, -0.15) is 0 Å². The molecule has 0 spiro atoms. The molecular formula is C8H12N4O. The van der Waals surface area contributed by atoms with Crippen LogP contribution in [0.15, 0.2) is 18.3 Å². The van der Waals surface area contributed by atoms with Gasteiger partial charge in [0.05, 0.1) is 6.54 Å². The summed E-state index contributed by atoms with van der Waals surface area (Å²) >= 11 is 0. The van der Waals surface area contributed by atoms with E-state index < -0.39 is 0 Å². The van der Waals surface area contributed by atoms with Crippen molar-refractivity contribution in [2.45, 2.75) is 6.54 Å². The van der Waals surface area contributed by atoms with E-state index in [1.54, 1.807) is 18.3 Å². The van der Waals surface area contributed by atoms with Gasteiger partial charge < -0.3 is 16.8 Å². The maximum Gasteiger partial charge on any atom is 0.239 e. The molecule has 0 radical (unpaired) electrons. The van der Waals surface area contributed by atoms with Crippen LogP contribution in [0, 0.1) is 0 Å². The van der Waals surface area contributed by atoms with E-state index in [4.69, 9.17) is 11.5 Å². The second-order valence-corrected chi connectivity index (χ2v) is 2.47. The Balaban J connectivity index is 2.81. The summed E-state index contributed by atoms with van der Waals surface area (Å²) in [7, 11) is 0. The lowest BCUT2D eigenvalue weighted by Crippen LogP contribution is -2.23. The van der Waals surface area contributed by atoms with Crippen molar-refractivity contribution in [1.29, 1.82) is 0 Å². The van der Waals surface area contributed by atoms with E-state index in [9.17, 15) is 4.79 Å². The number of nitrogens with zero attached hydrogens (tertiary/aromatic N) is 1. The molecule has 0 atom stereocenters. The van der Waals surface area contributed by atoms with Gasteiger partial charge in [0.1, 0.15) is 5.82 Å². The van der Waals surface area contributed by atoms with Crippen LogP contribution in [0.25, 0.3) is 0 Å². The summed E-state index contributed by atoms with van der Waals surface area (Å²) in [5, 5.41) is 2.56. The lowest BCUT2D eigenvalue weighted by Gasteiger charge is -2.06. The SMILES string of the molecule is NCC(=O)Nc1ncccc1CN. The Hall–Kier alpha value is -1.46. The van der Waals surface area contributed by atoms with Crippen molar-refractivity contribution >= 4 is 11.7 Å². The molecule has 5 nitrogen and oxygen atoms in total. The number of nitrogens with one attached hydrogen (secondary N) is 1. The van der Waals surface area contributed by atoms with E-state index in [0.717, 1.165) is 5.56 Å². The summed E-state index contributed by atoms with van der Waals surface area (Å²) in [6.45, 7) is 0.286. The molecule has 1 aromatic rings. The molecule has 0 saturated heterocycles. The summed E-state index contributed by atoms with van der Waals surface area (Å²) in [6.07, 6.45) is 1.59. The van der Waals surface area contributed by atoms with Gasteiger partial charge >= 0.3 is 0 Å². The molecule has 0 bridgehead atoms. The zero-order valence-electron chi connectivity index (χ0n) is 7.16. The molecule has 1 aromatic heterocycles. The predicted octanol–water partition coefficient (Wildman–Crippen LogP) is -0.563. The van der Waals surface area contributed by atoms with Gasteiger partial charge in [0, 0.05) is 18.3 Å². The third kappa shape index (κ3) is 2.50. The number of hydrogen-bond acceptors (Lipinski definition) is 4. The molecule has 0 fully saturated rings. The van der Waals surface area contributed by atoms with Crippen molar-refractivity contribution < 1.29 is 4.79 Å². The molecule has 0 aliphatic heterocycles. The van der Waals surface area contributed by atoms with Gasteiger partial charge in [-0.1, -0.05) is 6.07 Å². The van der Waals surface area contributed by atoms with Crippen LogP contribution in [0.1, 0.15) is 5.56 Å². The molecular weight excluding hydrogens is 168 g/mol. The molecule has 70 valence electrons. The van der Waals surface area contributed by atoms with Crippen molar-refractivity contribution in [3.05, 3.63) is 23.9 Å².